The Morgan fingerprint density at radius 2 is 2.06 bits per heavy atom. The van der Waals surface area contributed by atoms with Crippen LogP contribution >= 0.6 is 0 Å². The third-order valence-corrected chi connectivity index (χ3v) is 2.79. The molecule has 1 saturated carbocycles. The third kappa shape index (κ3) is 1.91. The van der Waals surface area contributed by atoms with Gasteiger partial charge in [-0.25, -0.2) is 9.48 Å². The van der Waals surface area contributed by atoms with E-state index in [2.05, 4.69) is 5.10 Å². The van der Waals surface area contributed by atoms with Crippen molar-refractivity contribution >= 4 is 0 Å². The molecule has 16 heavy (non-hydrogen) atoms. The van der Waals surface area contributed by atoms with E-state index in [9.17, 15) is 4.79 Å². The molecule has 0 aliphatic heterocycles. The standard InChI is InChI=1S/C11H19N3O2/c1-11(2,3)14-9(8-4-5-8)12-13(6-7-15)10(14)16/h8,15H,4-7H2,1-3H3. The van der Waals surface area contributed by atoms with E-state index < -0.39 is 0 Å². The first-order chi connectivity index (χ1) is 7.45. The highest BCUT2D eigenvalue weighted by atomic mass is 16.3. The Morgan fingerprint density at radius 3 is 2.50 bits per heavy atom. The molecule has 1 N–H and O–H groups in total. The molecular formula is C11H19N3O2. The van der Waals surface area contributed by atoms with Crippen molar-refractivity contribution in [2.24, 2.45) is 0 Å². The summed E-state index contributed by atoms with van der Waals surface area (Å²) in [4.78, 5) is 12.1. The summed E-state index contributed by atoms with van der Waals surface area (Å²) in [6, 6.07) is 0. The molecule has 5 heteroatoms. The van der Waals surface area contributed by atoms with Crippen molar-refractivity contribution in [2.45, 2.75) is 51.6 Å². The van der Waals surface area contributed by atoms with E-state index in [1.807, 2.05) is 20.8 Å². The van der Waals surface area contributed by atoms with Crippen LogP contribution in [0.2, 0.25) is 0 Å². The van der Waals surface area contributed by atoms with E-state index >= 15 is 0 Å². The second-order valence-corrected chi connectivity index (χ2v) is 5.37. The molecule has 0 saturated heterocycles. The summed E-state index contributed by atoms with van der Waals surface area (Å²) in [5.74, 6) is 1.32. The average molecular weight is 225 g/mol. The lowest BCUT2D eigenvalue weighted by Gasteiger charge is -2.21. The van der Waals surface area contributed by atoms with Gasteiger partial charge in [-0.1, -0.05) is 0 Å². The SMILES string of the molecule is CC(C)(C)n1c(C2CC2)nn(CCO)c1=O. The third-order valence-electron chi connectivity index (χ3n) is 2.79. The summed E-state index contributed by atoms with van der Waals surface area (Å²) in [5, 5.41) is 13.2. The van der Waals surface area contributed by atoms with E-state index in [1.54, 1.807) is 4.57 Å². The molecule has 0 aromatic carbocycles. The molecule has 1 aliphatic carbocycles. The van der Waals surface area contributed by atoms with Gasteiger partial charge in [0.05, 0.1) is 13.2 Å². The maximum Gasteiger partial charge on any atom is 0.346 e. The van der Waals surface area contributed by atoms with Crippen molar-refractivity contribution in [2.75, 3.05) is 6.61 Å². The van der Waals surface area contributed by atoms with Gasteiger partial charge in [0.15, 0.2) is 0 Å². The Bertz CT molecular complexity index is 435. The molecule has 0 atom stereocenters. The van der Waals surface area contributed by atoms with Gasteiger partial charge in [0, 0.05) is 11.5 Å². The number of hydrogen-bond acceptors (Lipinski definition) is 3. The quantitative estimate of drug-likeness (QED) is 0.822. The monoisotopic (exact) mass is 225 g/mol. The maximum absolute atomic E-state index is 12.1. The van der Waals surface area contributed by atoms with Crippen molar-refractivity contribution in [3.63, 3.8) is 0 Å². The highest BCUT2D eigenvalue weighted by Crippen LogP contribution is 2.39. The van der Waals surface area contributed by atoms with Crippen LogP contribution in [0.15, 0.2) is 4.79 Å². The molecule has 2 rings (SSSR count). The Labute approximate surface area is 94.7 Å². The first-order valence-electron chi connectivity index (χ1n) is 5.76. The zero-order chi connectivity index (χ0) is 11.9. The average Bonchev–Trinajstić information content (AvgIpc) is 2.92. The molecule has 0 radical (unpaired) electrons. The van der Waals surface area contributed by atoms with Gasteiger partial charge in [-0.05, 0) is 33.6 Å². The predicted octanol–water partition coefficient (Wildman–Crippen LogP) is 0.669. The molecule has 0 amide bonds. The number of nitrogens with zero attached hydrogens (tertiary/aromatic N) is 3. The van der Waals surface area contributed by atoms with Gasteiger partial charge in [-0.2, -0.15) is 5.10 Å². The lowest BCUT2D eigenvalue weighted by Crippen LogP contribution is -2.36. The molecule has 90 valence electrons. The van der Waals surface area contributed by atoms with Gasteiger partial charge >= 0.3 is 5.69 Å². The highest BCUT2D eigenvalue weighted by Gasteiger charge is 2.34. The normalized spacial score (nSPS) is 16.8. The molecule has 0 unspecified atom stereocenters. The molecule has 1 aromatic heterocycles. The fourth-order valence-corrected chi connectivity index (χ4v) is 1.90. The van der Waals surface area contributed by atoms with Crippen LogP contribution in [0.5, 0.6) is 0 Å². The first kappa shape index (κ1) is 11.4. The minimum Gasteiger partial charge on any atom is -0.394 e. The van der Waals surface area contributed by atoms with Crippen LogP contribution in [0.4, 0.5) is 0 Å². The highest BCUT2D eigenvalue weighted by molar-refractivity contribution is 5.07. The lowest BCUT2D eigenvalue weighted by molar-refractivity contribution is 0.265. The van der Waals surface area contributed by atoms with Crippen LogP contribution in [-0.2, 0) is 12.1 Å². The van der Waals surface area contributed by atoms with Gasteiger partial charge < -0.3 is 5.11 Å². The van der Waals surface area contributed by atoms with Crippen LogP contribution in [0.25, 0.3) is 0 Å². The summed E-state index contributed by atoms with van der Waals surface area (Å²) >= 11 is 0. The van der Waals surface area contributed by atoms with E-state index in [-0.39, 0.29) is 24.4 Å². The fraction of sp³-hybridized carbons (Fsp3) is 0.818. The Morgan fingerprint density at radius 1 is 1.44 bits per heavy atom. The smallest absolute Gasteiger partial charge is 0.346 e. The van der Waals surface area contributed by atoms with Crippen LogP contribution in [0.1, 0.15) is 45.4 Å². The number of aliphatic hydroxyl groups is 1. The summed E-state index contributed by atoms with van der Waals surface area (Å²) in [6.45, 7) is 6.24. The summed E-state index contributed by atoms with van der Waals surface area (Å²) in [5.41, 5.74) is -0.355. The molecule has 1 heterocycles. The minimum atomic E-state index is -0.247. The lowest BCUT2D eigenvalue weighted by atomic mass is 10.1. The Balaban J connectivity index is 2.51. The Kier molecular flexibility index (Phi) is 2.66. The largest absolute Gasteiger partial charge is 0.394 e. The van der Waals surface area contributed by atoms with E-state index in [0.717, 1.165) is 18.7 Å². The van der Waals surface area contributed by atoms with Crippen LogP contribution in [-0.4, -0.2) is 26.1 Å². The zero-order valence-corrected chi connectivity index (χ0v) is 10.1. The van der Waals surface area contributed by atoms with Crippen LogP contribution < -0.4 is 5.69 Å². The predicted molar refractivity (Wildman–Crippen MR) is 60.5 cm³/mol. The fourth-order valence-electron chi connectivity index (χ4n) is 1.90. The topological polar surface area (TPSA) is 60.1 Å². The van der Waals surface area contributed by atoms with Crippen LogP contribution in [0, 0.1) is 0 Å². The maximum atomic E-state index is 12.1. The molecule has 0 bridgehead atoms. The van der Waals surface area contributed by atoms with Gasteiger partial charge in [-0.15, -0.1) is 0 Å². The zero-order valence-electron chi connectivity index (χ0n) is 10.1. The molecule has 0 spiro atoms. The van der Waals surface area contributed by atoms with Crippen molar-refractivity contribution in [1.82, 2.24) is 14.3 Å². The van der Waals surface area contributed by atoms with E-state index in [1.165, 1.54) is 4.68 Å². The van der Waals surface area contributed by atoms with Gasteiger partial charge in [0.1, 0.15) is 5.82 Å². The molecule has 1 aromatic rings. The van der Waals surface area contributed by atoms with Crippen molar-refractivity contribution < 1.29 is 5.11 Å². The van der Waals surface area contributed by atoms with Gasteiger partial charge in [-0.3, -0.25) is 4.57 Å². The van der Waals surface area contributed by atoms with Gasteiger partial charge in [0.2, 0.25) is 0 Å². The summed E-state index contributed by atoms with van der Waals surface area (Å²) in [6.07, 6.45) is 2.23. The van der Waals surface area contributed by atoms with Crippen LogP contribution in [0.3, 0.4) is 0 Å². The van der Waals surface area contributed by atoms with E-state index in [4.69, 9.17) is 5.11 Å². The Hall–Kier alpha value is -1.10. The van der Waals surface area contributed by atoms with Crippen molar-refractivity contribution in [3.05, 3.63) is 16.3 Å². The molecule has 5 nitrogen and oxygen atoms in total. The second-order valence-electron chi connectivity index (χ2n) is 5.37. The second kappa shape index (κ2) is 3.73. The number of aliphatic hydroxyl groups excluding tert-OH is 1. The van der Waals surface area contributed by atoms with E-state index in [0.29, 0.717) is 5.92 Å². The summed E-state index contributed by atoms with van der Waals surface area (Å²) in [7, 11) is 0. The molecular weight excluding hydrogens is 206 g/mol. The van der Waals surface area contributed by atoms with Gasteiger partial charge in [0.25, 0.3) is 0 Å². The van der Waals surface area contributed by atoms with Crippen molar-refractivity contribution in [3.8, 4) is 0 Å². The van der Waals surface area contributed by atoms with Crippen molar-refractivity contribution in [1.29, 1.82) is 0 Å². The minimum absolute atomic E-state index is 0.0504. The number of rotatable bonds is 3. The number of aromatic nitrogens is 3. The number of hydrogen-bond donors (Lipinski definition) is 1. The summed E-state index contributed by atoms with van der Waals surface area (Å²) < 4.78 is 3.14. The first-order valence-corrected chi connectivity index (χ1v) is 5.76. The molecule has 1 aliphatic rings. The molecule has 1 fully saturated rings.